The molecule has 2 rings (SSSR count). The highest BCUT2D eigenvalue weighted by atomic mass is 32.1. The van der Waals surface area contributed by atoms with Crippen LogP contribution in [0.1, 0.15) is 17.5 Å². The van der Waals surface area contributed by atoms with Crippen molar-refractivity contribution >= 4 is 23.0 Å². The van der Waals surface area contributed by atoms with Crippen LogP contribution in [0.25, 0.3) is 0 Å². The molecule has 14 heavy (non-hydrogen) atoms. The van der Waals surface area contributed by atoms with Crippen LogP contribution >= 0.6 is 11.3 Å². The number of carbonyl (C=O) groups is 2. The Balaban J connectivity index is 2.09. The maximum atomic E-state index is 11.3. The zero-order valence-electron chi connectivity index (χ0n) is 7.95. The van der Waals surface area contributed by atoms with E-state index in [-0.39, 0.29) is 24.7 Å². The van der Waals surface area contributed by atoms with E-state index in [1.807, 2.05) is 12.3 Å². The summed E-state index contributed by atoms with van der Waals surface area (Å²) in [7, 11) is 0. The summed E-state index contributed by atoms with van der Waals surface area (Å²) in [4.78, 5) is 24.0. The molecular weight excluding hydrogens is 198 g/mol. The maximum absolute atomic E-state index is 11.3. The fraction of sp³-hybridized carbons (Fsp3) is 0.400. The van der Waals surface area contributed by atoms with Crippen LogP contribution in [-0.4, -0.2) is 23.1 Å². The minimum absolute atomic E-state index is 0.0304. The lowest BCUT2D eigenvalue weighted by Gasteiger charge is -2.13. The first-order valence-corrected chi connectivity index (χ1v) is 5.42. The first-order chi connectivity index (χ1) is 6.66. The Morgan fingerprint density at radius 3 is 2.71 bits per heavy atom. The number of aryl methyl sites for hydroxylation is 1. The molecular formula is C10H11NO2S. The lowest BCUT2D eigenvalue weighted by atomic mass is 10.2. The number of carbonyl (C=O) groups excluding carboxylic acids is 2. The number of nitrogens with zero attached hydrogens (tertiary/aromatic N) is 1. The second-order valence-electron chi connectivity index (χ2n) is 3.55. The molecule has 0 aliphatic carbocycles. The monoisotopic (exact) mass is 209 g/mol. The molecule has 74 valence electrons. The molecule has 0 atom stereocenters. The fourth-order valence-electron chi connectivity index (χ4n) is 1.54. The van der Waals surface area contributed by atoms with Gasteiger partial charge in [0.25, 0.3) is 0 Å². The molecule has 1 aliphatic heterocycles. The number of hydrogen-bond acceptors (Lipinski definition) is 3. The summed E-state index contributed by atoms with van der Waals surface area (Å²) < 4.78 is 0. The second-order valence-corrected chi connectivity index (χ2v) is 4.29. The van der Waals surface area contributed by atoms with Gasteiger partial charge in [-0.05, 0) is 28.8 Å². The van der Waals surface area contributed by atoms with E-state index < -0.39 is 0 Å². The Bertz CT molecular complexity index is 383. The molecule has 0 saturated carbocycles. The lowest BCUT2D eigenvalue weighted by Crippen LogP contribution is -2.24. The maximum Gasteiger partial charge on any atom is 0.230 e. The second kappa shape index (κ2) is 3.53. The molecule has 0 spiro atoms. The fourth-order valence-corrected chi connectivity index (χ4v) is 2.38. The van der Waals surface area contributed by atoms with Gasteiger partial charge in [0, 0.05) is 6.54 Å². The highest BCUT2D eigenvalue weighted by Crippen LogP contribution is 2.18. The van der Waals surface area contributed by atoms with Gasteiger partial charge in [-0.3, -0.25) is 9.59 Å². The summed E-state index contributed by atoms with van der Waals surface area (Å²) in [6.45, 7) is 2.89. The smallest absolute Gasteiger partial charge is 0.230 e. The molecule has 0 radical (unpaired) electrons. The molecule has 1 aromatic heterocycles. The van der Waals surface area contributed by atoms with Crippen molar-refractivity contribution in [3.05, 3.63) is 21.9 Å². The van der Waals surface area contributed by atoms with Gasteiger partial charge in [-0.15, -0.1) is 0 Å². The van der Waals surface area contributed by atoms with Gasteiger partial charge < -0.3 is 4.90 Å². The number of hydrogen-bond donors (Lipinski definition) is 0. The molecule has 0 aromatic carbocycles. The normalized spacial score (nSPS) is 16.8. The van der Waals surface area contributed by atoms with E-state index >= 15 is 0 Å². The van der Waals surface area contributed by atoms with Crippen LogP contribution in [0.3, 0.4) is 0 Å². The largest absolute Gasteiger partial charge is 0.331 e. The number of ketones is 1. The minimum atomic E-state index is -0.0411. The van der Waals surface area contributed by atoms with E-state index in [1.54, 1.807) is 16.2 Å². The van der Waals surface area contributed by atoms with Gasteiger partial charge in [-0.1, -0.05) is 0 Å². The standard InChI is InChI=1S/C10H11NO2S/c1-7-5-14-6-8(7)3-11-4-9(12)2-10(11)13/h5-6H,2-4H2,1H3. The van der Waals surface area contributed by atoms with Crippen LogP contribution in [0, 0.1) is 6.92 Å². The van der Waals surface area contributed by atoms with Crippen LogP contribution in [0.5, 0.6) is 0 Å². The molecule has 0 bridgehead atoms. The Morgan fingerprint density at radius 2 is 2.21 bits per heavy atom. The van der Waals surface area contributed by atoms with Gasteiger partial charge >= 0.3 is 0 Å². The molecule has 0 unspecified atom stereocenters. The summed E-state index contributed by atoms with van der Waals surface area (Å²) in [6.07, 6.45) is 0.0865. The Labute approximate surface area is 86.3 Å². The first kappa shape index (κ1) is 9.40. The van der Waals surface area contributed by atoms with Gasteiger partial charge in [0.2, 0.25) is 5.91 Å². The average molecular weight is 209 g/mol. The summed E-state index contributed by atoms with van der Waals surface area (Å²) in [6, 6.07) is 0. The number of amides is 1. The van der Waals surface area contributed by atoms with Crippen LogP contribution in [-0.2, 0) is 16.1 Å². The summed E-state index contributed by atoms with van der Waals surface area (Å²) in [5.41, 5.74) is 2.35. The molecule has 1 saturated heterocycles. The molecule has 1 aliphatic rings. The number of likely N-dealkylation sites (tertiary alicyclic amines) is 1. The third-order valence-electron chi connectivity index (χ3n) is 2.39. The quantitative estimate of drug-likeness (QED) is 0.690. The Hall–Kier alpha value is -1.16. The Morgan fingerprint density at radius 1 is 1.43 bits per heavy atom. The zero-order chi connectivity index (χ0) is 10.1. The highest BCUT2D eigenvalue weighted by Gasteiger charge is 2.27. The van der Waals surface area contributed by atoms with Gasteiger partial charge in [-0.25, -0.2) is 0 Å². The third-order valence-corrected chi connectivity index (χ3v) is 3.30. The van der Waals surface area contributed by atoms with Gasteiger partial charge in [-0.2, -0.15) is 11.3 Å². The summed E-state index contributed by atoms with van der Waals surface area (Å²) in [5, 5.41) is 4.09. The first-order valence-electron chi connectivity index (χ1n) is 4.48. The van der Waals surface area contributed by atoms with E-state index in [0.29, 0.717) is 6.54 Å². The zero-order valence-corrected chi connectivity index (χ0v) is 8.76. The predicted molar refractivity (Wildman–Crippen MR) is 54.1 cm³/mol. The van der Waals surface area contributed by atoms with Crippen molar-refractivity contribution in [1.82, 2.24) is 4.90 Å². The van der Waals surface area contributed by atoms with Crippen LogP contribution in [0.15, 0.2) is 10.8 Å². The van der Waals surface area contributed by atoms with E-state index in [2.05, 4.69) is 5.38 Å². The van der Waals surface area contributed by atoms with E-state index in [0.717, 1.165) is 5.56 Å². The number of Topliss-reactive ketones (excluding diaryl/α,β-unsaturated/α-hetero) is 1. The van der Waals surface area contributed by atoms with Crippen molar-refractivity contribution in [3.8, 4) is 0 Å². The van der Waals surface area contributed by atoms with Crippen LogP contribution < -0.4 is 0 Å². The minimum Gasteiger partial charge on any atom is -0.331 e. The number of rotatable bonds is 2. The van der Waals surface area contributed by atoms with Crippen LogP contribution in [0.2, 0.25) is 0 Å². The average Bonchev–Trinajstić information content (AvgIpc) is 2.62. The topological polar surface area (TPSA) is 37.4 Å². The van der Waals surface area contributed by atoms with Crippen molar-refractivity contribution in [2.75, 3.05) is 6.54 Å². The molecule has 4 heteroatoms. The highest BCUT2D eigenvalue weighted by molar-refractivity contribution is 7.08. The van der Waals surface area contributed by atoms with Crippen molar-refractivity contribution in [2.24, 2.45) is 0 Å². The predicted octanol–water partition coefficient (Wildman–Crippen LogP) is 1.36. The van der Waals surface area contributed by atoms with Crippen molar-refractivity contribution in [2.45, 2.75) is 19.9 Å². The van der Waals surface area contributed by atoms with E-state index in [1.165, 1.54) is 5.56 Å². The molecule has 1 amide bonds. The van der Waals surface area contributed by atoms with E-state index in [9.17, 15) is 9.59 Å². The van der Waals surface area contributed by atoms with Gasteiger partial charge in [0.05, 0.1) is 13.0 Å². The number of thiophene rings is 1. The summed E-state index contributed by atoms with van der Waals surface area (Å²) >= 11 is 1.63. The van der Waals surface area contributed by atoms with Gasteiger partial charge in [0.15, 0.2) is 5.78 Å². The Kier molecular flexibility index (Phi) is 2.37. The molecule has 3 nitrogen and oxygen atoms in total. The van der Waals surface area contributed by atoms with Crippen molar-refractivity contribution < 1.29 is 9.59 Å². The lowest BCUT2D eigenvalue weighted by molar-refractivity contribution is -0.128. The molecule has 2 heterocycles. The van der Waals surface area contributed by atoms with Gasteiger partial charge in [0.1, 0.15) is 0 Å². The third kappa shape index (κ3) is 1.70. The molecule has 1 aromatic rings. The van der Waals surface area contributed by atoms with Crippen molar-refractivity contribution in [3.63, 3.8) is 0 Å². The van der Waals surface area contributed by atoms with E-state index in [4.69, 9.17) is 0 Å². The SMILES string of the molecule is Cc1cscc1CN1CC(=O)CC1=O. The van der Waals surface area contributed by atoms with Crippen molar-refractivity contribution in [1.29, 1.82) is 0 Å². The molecule has 1 fully saturated rings. The van der Waals surface area contributed by atoms with Crippen LogP contribution in [0.4, 0.5) is 0 Å². The summed E-state index contributed by atoms with van der Waals surface area (Å²) in [5.74, 6) is -0.0107. The molecule has 0 N–H and O–H groups in total.